The Bertz CT molecular complexity index is 691. The lowest BCUT2D eigenvalue weighted by Gasteiger charge is -2.28. The van der Waals surface area contributed by atoms with Crippen LogP contribution in [0.1, 0.15) is 25.0 Å². The first-order chi connectivity index (χ1) is 10.4. The van der Waals surface area contributed by atoms with Crippen LogP contribution in [0.15, 0.2) is 17.9 Å². The molecule has 4 nitrogen and oxygen atoms in total. The molecular weight excluding hydrogens is 358 g/mol. The molecule has 9 heteroatoms. The van der Waals surface area contributed by atoms with Gasteiger partial charge in [0.1, 0.15) is 11.3 Å². The van der Waals surface area contributed by atoms with Crippen molar-refractivity contribution in [3.63, 3.8) is 0 Å². The highest BCUT2D eigenvalue weighted by atomic mass is 35.5. The average molecular weight is 370 g/mol. The summed E-state index contributed by atoms with van der Waals surface area (Å²) in [5, 5.41) is 10.4. The predicted molar refractivity (Wildman–Crippen MR) is 78.9 cm³/mol. The Morgan fingerprint density at radius 3 is 2.04 bits per heavy atom. The van der Waals surface area contributed by atoms with E-state index in [1.165, 1.54) is 21.0 Å². The van der Waals surface area contributed by atoms with Crippen LogP contribution in [-0.4, -0.2) is 28.7 Å². The predicted octanol–water partition coefficient (Wildman–Crippen LogP) is 4.46. The van der Waals surface area contributed by atoms with Gasteiger partial charge in [-0.15, -0.1) is 0 Å². The number of carbonyl (C=O) groups is 1. The Kier molecular flexibility index (Phi) is 4.34. The Labute approximate surface area is 140 Å². The molecule has 0 atom stereocenters. The second-order valence-corrected chi connectivity index (χ2v) is 6.19. The van der Waals surface area contributed by atoms with Crippen molar-refractivity contribution in [1.29, 1.82) is 0 Å². The molecule has 0 unspecified atom stereocenters. The third kappa shape index (κ3) is 2.77. The number of alkyl halides is 3. The van der Waals surface area contributed by atoms with E-state index in [0.29, 0.717) is 12.1 Å². The van der Waals surface area contributed by atoms with Crippen molar-refractivity contribution in [2.45, 2.75) is 25.6 Å². The number of benzene rings is 1. The largest absolute Gasteiger partial charge is 0.509 e. The molecule has 0 aromatic heterocycles. The van der Waals surface area contributed by atoms with E-state index >= 15 is 0 Å². The minimum absolute atomic E-state index is 0.170. The molecule has 1 amide bonds. The van der Waals surface area contributed by atoms with E-state index in [0.717, 1.165) is 5.06 Å². The Hall–Kier alpha value is -1.44. The van der Waals surface area contributed by atoms with Gasteiger partial charge in [-0.3, -0.25) is 9.63 Å². The number of amides is 1. The summed E-state index contributed by atoms with van der Waals surface area (Å²) in [6, 6.07) is 1.30. The average Bonchev–Trinajstić information content (AvgIpc) is 2.56. The maximum atomic E-state index is 12.8. The minimum Gasteiger partial charge on any atom is -0.509 e. The van der Waals surface area contributed by atoms with Gasteiger partial charge >= 0.3 is 6.18 Å². The molecule has 1 heterocycles. The van der Waals surface area contributed by atoms with Crippen molar-refractivity contribution in [3.05, 3.63) is 39.1 Å². The van der Waals surface area contributed by atoms with Crippen molar-refractivity contribution < 1.29 is 27.9 Å². The molecule has 1 aromatic rings. The molecule has 126 valence electrons. The van der Waals surface area contributed by atoms with Crippen LogP contribution in [0.2, 0.25) is 10.0 Å². The number of hydrogen-bond acceptors (Lipinski definition) is 3. The monoisotopic (exact) mass is 369 g/mol. The molecule has 1 aromatic carbocycles. The first-order valence-corrected chi connectivity index (χ1v) is 7.07. The van der Waals surface area contributed by atoms with Crippen molar-refractivity contribution in [2.24, 2.45) is 0 Å². The maximum Gasteiger partial charge on any atom is 0.416 e. The van der Waals surface area contributed by atoms with Crippen LogP contribution in [0.3, 0.4) is 0 Å². The Morgan fingerprint density at radius 1 is 1.22 bits per heavy atom. The van der Waals surface area contributed by atoms with E-state index in [4.69, 9.17) is 28.0 Å². The summed E-state index contributed by atoms with van der Waals surface area (Å²) in [5.74, 6) is -1.15. The quantitative estimate of drug-likeness (QED) is 0.836. The molecule has 0 radical (unpaired) electrons. The number of halogens is 5. The lowest BCUT2D eigenvalue weighted by Crippen LogP contribution is -2.42. The molecule has 0 saturated heterocycles. The fourth-order valence-corrected chi connectivity index (χ4v) is 3.05. The van der Waals surface area contributed by atoms with Crippen LogP contribution < -0.4 is 0 Å². The maximum absolute atomic E-state index is 12.8. The first-order valence-electron chi connectivity index (χ1n) is 6.32. The van der Waals surface area contributed by atoms with Gasteiger partial charge in [0.2, 0.25) is 0 Å². The first kappa shape index (κ1) is 17.9. The highest BCUT2D eigenvalue weighted by Crippen LogP contribution is 2.45. The molecule has 0 aliphatic carbocycles. The van der Waals surface area contributed by atoms with Gasteiger partial charge in [-0.1, -0.05) is 23.2 Å². The lowest BCUT2D eigenvalue weighted by atomic mass is 9.98. The summed E-state index contributed by atoms with van der Waals surface area (Å²) in [6.07, 6.45) is -4.64. The molecule has 0 saturated carbocycles. The van der Waals surface area contributed by atoms with Crippen LogP contribution in [0.5, 0.6) is 0 Å². The van der Waals surface area contributed by atoms with Gasteiger partial charge in [0.15, 0.2) is 0 Å². The normalized spacial score (nSPS) is 18.1. The third-order valence-electron chi connectivity index (χ3n) is 3.52. The molecule has 2 rings (SSSR count). The number of hydrogen-bond donors (Lipinski definition) is 1. The van der Waals surface area contributed by atoms with Gasteiger partial charge in [-0.25, -0.2) is 5.06 Å². The van der Waals surface area contributed by atoms with Crippen molar-refractivity contribution >= 4 is 34.7 Å². The van der Waals surface area contributed by atoms with Gasteiger partial charge < -0.3 is 5.11 Å². The number of aliphatic hydroxyl groups excluding tert-OH is 1. The number of hydroxylamine groups is 2. The van der Waals surface area contributed by atoms with Crippen LogP contribution in [-0.2, 0) is 15.8 Å². The van der Waals surface area contributed by atoms with Gasteiger partial charge in [0, 0.05) is 5.56 Å². The van der Waals surface area contributed by atoms with E-state index in [1.54, 1.807) is 0 Å². The Balaban J connectivity index is 2.68. The second-order valence-electron chi connectivity index (χ2n) is 5.38. The molecule has 1 aliphatic rings. The zero-order valence-electron chi connectivity index (χ0n) is 12.3. The highest BCUT2D eigenvalue weighted by molar-refractivity contribution is 6.41. The summed E-state index contributed by atoms with van der Waals surface area (Å²) < 4.78 is 38.3. The van der Waals surface area contributed by atoms with Crippen LogP contribution in [0.25, 0.3) is 5.57 Å². The van der Waals surface area contributed by atoms with Crippen LogP contribution in [0.4, 0.5) is 13.2 Å². The minimum atomic E-state index is -4.64. The molecule has 1 N–H and O–H groups in total. The van der Waals surface area contributed by atoms with Crippen LogP contribution in [0, 0.1) is 0 Å². The SMILES string of the molecule is CON1C(=O)C(c2c(Cl)cc(C(F)(F)F)cc2Cl)=C(O)C1(C)C. The van der Waals surface area contributed by atoms with Crippen molar-refractivity contribution in [2.75, 3.05) is 7.11 Å². The fourth-order valence-electron chi connectivity index (χ4n) is 2.37. The van der Waals surface area contributed by atoms with E-state index in [9.17, 15) is 23.1 Å². The number of rotatable bonds is 2. The number of carbonyl (C=O) groups excluding carboxylic acids is 1. The zero-order chi connectivity index (χ0) is 17.7. The van der Waals surface area contributed by atoms with Crippen molar-refractivity contribution in [3.8, 4) is 0 Å². The summed E-state index contributed by atoms with van der Waals surface area (Å²) in [4.78, 5) is 17.3. The second kappa shape index (κ2) is 5.58. The van der Waals surface area contributed by atoms with Gasteiger partial charge in [0.05, 0.1) is 28.3 Å². The van der Waals surface area contributed by atoms with Gasteiger partial charge in [-0.2, -0.15) is 13.2 Å². The van der Waals surface area contributed by atoms with Crippen LogP contribution >= 0.6 is 23.2 Å². The summed E-state index contributed by atoms with van der Waals surface area (Å²) in [5.41, 5.74) is -2.72. The summed E-state index contributed by atoms with van der Waals surface area (Å²) in [6.45, 7) is 3.01. The zero-order valence-corrected chi connectivity index (χ0v) is 13.8. The van der Waals surface area contributed by atoms with E-state index in [2.05, 4.69) is 0 Å². The molecule has 23 heavy (non-hydrogen) atoms. The Morgan fingerprint density at radius 2 is 1.70 bits per heavy atom. The summed E-state index contributed by atoms with van der Waals surface area (Å²) >= 11 is 11.8. The molecule has 0 spiro atoms. The van der Waals surface area contributed by atoms with Gasteiger partial charge in [-0.05, 0) is 26.0 Å². The number of aliphatic hydroxyl groups is 1. The van der Waals surface area contributed by atoms with Crippen molar-refractivity contribution in [1.82, 2.24) is 5.06 Å². The smallest absolute Gasteiger partial charge is 0.416 e. The fraction of sp³-hybridized carbons (Fsp3) is 0.357. The molecule has 0 bridgehead atoms. The number of nitrogens with zero attached hydrogens (tertiary/aromatic N) is 1. The van der Waals surface area contributed by atoms with E-state index in [1.807, 2.05) is 0 Å². The van der Waals surface area contributed by atoms with Gasteiger partial charge in [0.25, 0.3) is 5.91 Å². The lowest BCUT2D eigenvalue weighted by molar-refractivity contribution is -0.189. The standard InChI is InChI=1S/C14H12Cl2F3NO3/c1-13(2)11(21)10(12(22)20(13)23-3)9-7(15)4-6(5-8(9)16)14(17,18)19/h4-5,21H,1-3H3. The molecule has 1 aliphatic heterocycles. The molecular formula is C14H12Cl2F3NO3. The topological polar surface area (TPSA) is 49.8 Å². The molecule has 0 fully saturated rings. The third-order valence-corrected chi connectivity index (χ3v) is 4.12. The van der Waals surface area contributed by atoms with E-state index < -0.39 is 39.0 Å². The summed E-state index contributed by atoms with van der Waals surface area (Å²) in [7, 11) is 1.23. The van der Waals surface area contributed by atoms with E-state index in [-0.39, 0.29) is 11.1 Å². The highest BCUT2D eigenvalue weighted by Gasteiger charge is 2.48.